The minimum Gasteiger partial charge on any atom is -0.370 e. The maximum atomic E-state index is 4.45. The van der Waals surface area contributed by atoms with E-state index >= 15 is 0 Å². The van der Waals surface area contributed by atoms with Crippen LogP contribution in [-0.4, -0.2) is 16.5 Å². The van der Waals surface area contributed by atoms with Crippen molar-refractivity contribution in [2.45, 2.75) is 13.8 Å². The van der Waals surface area contributed by atoms with E-state index in [4.69, 9.17) is 0 Å². The van der Waals surface area contributed by atoms with Gasteiger partial charge in [0.2, 0.25) is 0 Å². The molecule has 0 aliphatic rings. The summed E-state index contributed by atoms with van der Waals surface area (Å²) in [5.41, 5.74) is 0.963. The molecule has 0 unspecified atom stereocenters. The third-order valence-corrected chi connectivity index (χ3v) is 3.91. The van der Waals surface area contributed by atoms with Gasteiger partial charge in [0.15, 0.2) is 0 Å². The summed E-state index contributed by atoms with van der Waals surface area (Å²) < 4.78 is 1.08. The van der Waals surface area contributed by atoms with E-state index in [1.807, 2.05) is 24.4 Å². The molecule has 0 bridgehead atoms. The van der Waals surface area contributed by atoms with Gasteiger partial charge in [-0.05, 0) is 41.2 Å². The number of thiophene rings is 1. The Morgan fingerprint density at radius 1 is 1.44 bits per heavy atom. The van der Waals surface area contributed by atoms with Crippen LogP contribution in [0, 0.1) is 6.92 Å². The van der Waals surface area contributed by atoms with Crippen LogP contribution in [0.3, 0.4) is 0 Å². The summed E-state index contributed by atoms with van der Waals surface area (Å²) in [6.07, 6.45) is 0. The molecule has 2 aromatic heterocycles. The van der Waals surface area contributed by atoms with Crippen molar-refractivity contribution in [3.8, 4) is 10.6 Å². The van der Waals surface area contributed by atoms with E-state index in [0.717, 1.165) is 33.2 Å². The molecule has 16 heavy (non-hydrogen) atoms. The van der Waals surface area contributed by atoms with Crippen LogP contribution < -0.4 is 5.32 Å². The van der Waals surface area contributed by atoms with Gasteiger partial charge >= 0.3 is 0 Å². The second-order valence-electron chi connectivity index (χ2n) is 3.31. The average molecular weight is 298 g/mol. The molecule has 0 saturated carbocycles. The molecule has 2 heterocycles. The number of nitrogens with one attached hydrogen (secondary N) is 1. The summed E-state index contributed by atoms with van der Waals surface area (Å²) in [6.45, 7) is 4.82. The summed E-state index contributed by atoms with van der Waals surface area (Å²) in [5.74, 6) is 1.67. The Balaban J connectivity index is 2.45. The third-order valence-electron chi connectivity index (χ3n) is 2.05. The lowest BCUT2D eigenvalue weighted by Crippen LogP contribution is -2.02. The Morgan fingerprint density at radius 3 is 2.88 bits per heavy atom. The normalized spacial score (nSPS) is 10.4. The zero-order chi connectivity index (χ0) is 11.5. The van der Waals surface area contributed by atoms with Crippen LogP contribution in [0.4, 0.5) is 5.82 Å². The molecule has 3 nitrogen and oxygen atoms in total. The van der Waals surface area contributed by atoms with Gasteiger partial charge in [-0.25, -0.2) is 9.97 Å². The van der Waals surface area contributed by atoms with E-state index in [1.54, 1.807) is 11.3 Å². The summed E-state index contributed by atoms with van der Waals surface area (Å²) in [4.78, 5) is 9.92. The Hall–Kier alpha value is -0.940. The third kappa shape index (κ3) is 2.41. The highest BCUT2D eigenvalue weighted by atomic mass is 79.9. The van der Waals surface area contributed by atoms with Crippen molar-refractivity contribution in [2.24, 2.45) is 0 Å². The van der Waals surface area contributed by atoms with Gasteiger partial charge < -0.3 is 5.32 Å². The van der Waals surface area contributed by atoms with Crippen molar-refractivity contribution >= 4 is 33.1 Å². The van der Waals surface area contributed by atoms with Crippen molar-refractivity contribution in [3.05, 3.63) is 27.8 Å². The first-order valence-corrected chi connectivity index (χ1v) is 6.71. The smallest absolute Gasteiger partial charge is 0.130 e. The van der Waals surface area contributed by atoms with Crippen LogP contribution in [0.2, 0.25) is 0 Å². The minimum absolute atomic E-state index is 0.786. The van der Waals surface area contributed by atoms with Gasteiger partial charge in [-0.2, -0.15) is 0 Å². The molecular weight excluding hydrogens is 286 g/mol. The molecule has 0 atom stereocenters. The van der Waals surface area contributed by atoms with Gasteiger partial charge in [-0.3, -0.25) is 0 Å². The summed E-state index contributed by atoms with van der Waals surface area (Å²) in [7, 11) is 0. The standard InChI is InChI=1S/C11H12BrN3S/c1-3-13-10-6-9(14-7(2)15-10)11-8(12)4-5-16-11/h4-6H,3H2,1-2H3,(H,13,14,15). The number of halogens is 1. The fourth-order valence-corrected chi connectivity index (χ4v) is 2.97. The molecule has 0 spiro atoms. The van der Waals surface area contributed by atoms with Crippen LogP contribution in [0.25, 0.3) is 10.6 Å². The zero-order valence-electron chi connectivity index (χ0n) is 9.12. The van der Waals surface area contributed by atoms with E-state index < -0.39 is 0 Å². The molecule has 0 amide bonds. The quantitative estimate of drug-likeness (QED) is 0.938. The maximum Gasteiger partial charge on any atom is 0.130 e. The highest BCUT2D eigenvalue weighted by molar-refractivity contribution is 9.10. The van der Waals surface area contributed by atoms with Crippen LogP contribution in [0.15, 0.2) is 22.0 Å². The minimum atomic E-state index is 0.786. The lowest BCUT2D eigenvalue weighted by molar-refractivity contribution is 1.04. The van der Waals surface area contributed by atoms with Gasteiger partial charge in [0.25, 0.3) is 0 Å². The Morgan fingerprint density at radius 2 is 2.25 bits per heavy atom. The molecule has 2 rings (SSSR count). The lowest BCUT2D eigenvalue weighted by atomic mass is 10.3. The number of aryl methyl sites for hydroxylation is 1. The molecule has 5 heteroatoms. The van der Waals surface area contributed by atoms with Gasteiger partial charge in [0.1, 0.15) is 11.6 Å². The molecular formula is C11H12BrN3S. The lowest BCUT2D eigenvalue weighted by Gasteiger charge is -2.06. The first-order valence-electron chi connectivity index (χ1n) is 5.03. The average Bonchev–Trinajstić information content (AvgIpc) is 2.64. The number of hydrogen-bond acceptors (Lipinski definition) is 4. The summed E-state index contributed by atoms with van der Waals surface area (Å²) >= 11 is 5.19. The van der Waals surface area contributed by atoms with E-state index in [1.165, 1.54) is 0 Å². The van der Waals surface area contributed by atoms with Crippen molar-refractivity contribution in [1.82, 2.24) is 9.97 Å². The Labute approximate surface area is 107 Å². The molecule has 0 aliphatic carbocycles. The first kappa shape index (κ1) is 11.5. The number of aromatic nitrogens is 2. The van der Waals surface area contributed by atoms with Gasteiger partial charge in [0.05, 0.1) is 10.6 Å². The topological polar surface area (TPSA) is 37.8 Å². The van der Waals surface area contributed by atoms with Crippen LogP contribution in [0.1, 0.15) is 12.7 Å². The predicted molar refractivity (Wildman–Crippen MR) is 71.9 cm³/mol. The van der Waals surface area contributed by atoms with Crippen molar-refractivity contribution in [2.75, 3.05) is 11.9 Å². The molecule has 84 valence electrons. The first-order chi connectivity index (χ1) is 7.70. The summed E-state index contributed by atoms with van der Waals surface area (Å²) in [5, 5.41) is 5.25. The number of anilines is 1. The largest absolute Gasteiger partial charge is 0.370 e. The van der Waals surface area contributed by atoms with Crippen LogP contribution in [0.5, 0.6) is 0 Å². The molecule has 1 N–H and O–H groups in total. The van der Waals surface area contributed by atoms with E-state index in [9.17, 15) is 0 Å². The Kier molecular flexibility index (Phi) is 3.56. The number of nitrogens with zero attached hydrogens (tertiary/aromatic N) is 2. The molecule has 2 aromatic rings. The second kappa shape index (κ2) is 4.93. The van der Waals surface area contributed by atoms with E-state index in [0.29, 0.717) is 0 Å². The summed E-state index contributed by atoms with van der Waals surface area (Å²) in [6, 6.07) is 4.01. The van der Waals surface area contributed by atoms with Crippen molar-refractivity contribution < 1.29 is 0 Å². The predicted octanol–water partition coefficient (Wildman–Crippen LogP) is 3.71. The molecule has 0 fully saturated rings. The monoisotopic (exact) mass is 297 g/mol. The molecule has 0 radical (unpaired) electrons. The highest BCUT2D eigenvalue weighted by Crippen LogP contribution is 2.32. The molecule has 0 saturated heterocycles. The van der Waals surface area contributed by atoms with Crippen LogP contribution >= 0.6 is 27.3 Å². The fourth-order valence-electron chi connectivity index (χ4n) is 1.43. The number of rotatable bonds is 3. The maximum absolute atomic E-state index is 4.45. The van der Waals surface area contributed by atoms with E-state index in [-0.39, 0.29) is 0 Å². The van der Waals surface area contributed by atoms with Crippen molar-refractivity contribution in [1.29, 1.82) is 0 Å². The number of hydrogen-bond donors (Lipinski definition) is 1. The highest BCUT2D eigenvalue weighted by Gasteiger charge is 2.08. The Bertz CT molecular complexity index is 496. The molecule has 0 aliphatic heterocycles. The second-order valence-corrected chi connectivity index (χ2v) is 5.08. The van der Waals surface area contributed by atoms with Crippen LogP contribution in [-0.2, 0) is 0 Å². The SMILES string of the molecule is CCNc1cc(-c2sccc2Br)nc(C)n1. The van der Waals surface area contributed by atoms with E-state index in [2.05, 4.69) is 38.1 Å². The van der Waals surface area contributed by atoms with Gasteiger partial charge in [0, 0.05) is 17.1 Å². The zero-order valence-corrected chi connectivity index (χ0v) is 11.5. The van der Waals surface area contributed by atoms with Gasteiger partial charge in [-0.1, -0.05) is 0 Å². The van der Waals surface area contributed by atoms with Crippen molar-refractivity contribution in [3.63, 3.8) is 0 Å². The fraction of sp³-hybridized carbons (Fsp3) is 0.273. The van der Waals surface area contributed by atoms with Gasteiger partial charge in [-0.15, -0.1) is 11.3 Å². The molecule has 0 aromatic carbocycles.